The van der Waals surface area contributed by atoms with Crippen LogP contribution in [0, 0.1) is 5.92 Å². The fourth-order valence-electron chi connectivity index (χ4n) is 2.40. The second kappa shape index (κ2) is 6.10. The molecule has 2 N–H and O–H groups in total. The Labute approximate surface area is 112 Å². The first-order valence-corrected chi connectivity index (χ1v) is 6.80. The maximum atomic E-state index is 11.9. The van der Waals surface area contributed by atoms with Gasteiger partial charge in [-0.1, -0.05) is 12.5 Å². The average molecular weight is 268 g/mol. The Balaban J connectivity index is 1.84. The van der Waals surface area contributed by atoms with Gasteiger partial charge >= 0.3 is 0 Å². The molecule has 0 aromatic heterocycles. The Bertz CT molecular complexity index is 422. The predicted octanol–water partition coefficient (Wildman–Crippen LogP) is 2.92. The largest absolute Gasteiger partial charge is 0.508 e. The number of amides is 1. The van der Waals surface area contributed by atoms with Crippen LogP contribution in [0.15, 0.2) is 24.3 Å². The summed E-state index contributed by atoms with van der Waals surface area (Å²) in [5.74, 6) is 0.450. The number of carbonyl (C=O) groups excluding carboxylic acids is 1. The van der Waals surface area contributed by atoms with Crippen LogP contribution >= 0.6 is 11.6 Å². The van der Waals surface area contributed by atoms with Crippen molar-refractivity contribution in [3.63, 3.8) is 0 Å². The molecule has 1 aliphatic carbocycles. The third-order valence-electron chi connectivity index (χ3n) is 3.38. The summed E-state index contributed by atoms with van der Waals surface area (Å²) < 4.78 is 0. The van der Waals surface area contributed by atoms with E-state index in [-0.39, 0.29) is 17.0 Å². The summed E-state index contributed by atoms with van der Waals surface area (Å²) in [7, 11) is 0. The molecule has 1 amide bonds. The number of hydrogen-bond donors (Lipinski definition) is 2. The number of alkyl halides is 1. The zero-order chi connectivity index (χ0) is 13.0. The summed E-state index contributed by atoms with van der Waals surface area (Å²) in [6, 6.07) is 6.39. The Morgan fingerprint density at radius 2 is 2.28 bits per heavy atom. The number of phenols is 1. The molecule has 1 saturated carbocycles. The highest BCUT2D eigenvalue weighted by Gasteiger charge is 2.20. The standard InChI is InChI=1S/C14H18ClNO2/c15-12-5-1-3-10(7-12)9-16-14(18)11-4-2-6-13(17)8-11/h2,4,6,8,10,12,17H,1,3,5,7,9H2,(H,16,18). The van der Waals surface area contributed by atoms with E-state index in [4.69, 9.17) is 11.6 Å². The van der Waals surface area contributed by atoms with Crippen LogP contribution < -0.4 is 5.32 Å². The first-order valence-electron chi connectivity index (χ1n) is 6.36. The maximum absolute atomic E-state index is 11.9. The van der Waals surface area contributed by atoms with E-state index >= 15 is 0 Å². The lowest BCUT2D eigenvalue weighted by Gasteiger charge is -2.25. The van der Waals surface area contributed by atoms with Gasteiger partial charge in [-0.05, 0) is 43.4 Å². The van der Waals surface area contributed by atoms with Crippen molar-refractivity contribution in [1.29, 1.82) is 0 Å². The number of rotatable bonds is 3. The second-order valence-corrected chi connectivity index (χ2v) is 5.51. The first-order chi connectivity index (χ1) is 8.65. The molecule has 18 heavy (non-hydrogen) atoms. The Morgan fingerprint density at radius 1 is 1.44 bits per heavy atom. The third kappa shape index (κ3) is 3.64. The molecule has 0 spiro atoms. The van der Waals surface area contributed by atoms with Gasteiger partial charge in [-0.2, -0.15) is 0 Å². The Hall–Kier alpha value is -1.22. The molecule has 1 aromatic rings. The normalized spacial score (nSPS) is 23.6. The molecule has 2 unspecified atom stereocenters. The van der Waals surface area contributed by atoms with Crippen LogP contribution in [0.2, 0.25) is 0 Å². The molecule has 3 nitrogen and oxygen atoms in total. The molecule has 4 heteroatoms. The number of benzene rings is 1. The van der Waals surface area contributed by atoms with Gasteiger partial charge in [0.15, 0.2) is 0 Å². The van der Waals surface area contributed by atoms with Gasteiger partial charge in [-0.15, -0.1) is 11.6 Å². The molecule has 98 valence electrons. The van der Waals surface area contributed by atoms with E-state index in [1.54, 1.807) is 18.2 Å². The van der Waals surface area contributed by atoms with Crippen LogP contribution in [0.1, 0.15) is 36.0 Å². The van der Waals surface area contributed by atoms with Crippen molar-refractivity contribution in [1.82, 2.24) is 5.32 Å². The second-order valence-electron chi connectivity index (χ2n) is 4.89. The number of carbonyl (C=O) groups is 1. The summed E-state index contributed by atoms with van der Waals surface area (Å²) in [4.78, 5) is 11.9. The Morgan fingerprint density at radius 3 is 3.00 bits per heavy atom. The van der Waals surface area contributed by atoms with E-state index < -0.39 is 0 Å². The van der Waals surface area contributed by atoms with Gasteiger partial charge in [0.2, 0.25) is 0 Å². The Kier molecular flexibility index (Phi) is 4.48. The lowest BCUT2D eigenvalue weighted by Crippen LogP contribution is -2.32. The summed E-state index contributed by atoms with van der Waals surface area (Å²) in [6.07, 6.45) is 4.32. The number of aromatic hydroxyl groups is 1. The van der Waals surface area contributed by atoms with Gasteiger partial charge in [0.1, 0.15) is 5.75 Å². The van der Waals surface area contributed by atoms with Crippen molar-refractivity contribution >= 4 is 17.5 Å². The van der Waals surface area contributed by atoms with Gasteiger partial charge in [0.25, 0.3) is 5.91 Å². The quantitative estimate of drug-likeness (QED) is 0.828. The number of phenolic OH excluding ortho intramolecular Hbond substituents is 1. The van der Waals surface area contributed by atoms with Gasteiger partial charge in [-0.3, -0.25) is 4.79 Å². The van der Waals surface area contributed by atoms with Crippen molar-refractivity contribution in [3.05, 3.63) is 29.8 Å². The van der Waals surface area contributed by atoms with E-state index in [0.29, 0.717) is 18.0 Å². The van der Waals surface area contributed by atoms with E-state index in [9.17, 15) is 9.90 Å². The summed E-state index contributed by atoms with van der Waals surface area (Å²) >= 11 is 6.12. The van der Waals surface area contributed by atoms with Gasteiger partial charge in [0, 0.05) is 17.5 Å². The minimum absolute atomic E-state index is 0.112. The van der Waals surface area contributed by atoms with Crippen LogP contribution in [0.4, 0.5) is 0 Å². The topological polar surface area (TPSA) is 49.3 Å². The van der Waals surface area contributed by atoms with Crippen molar-refractivity contribution in [2.24, 2.45) is 5.92 Å². The molecule has 2 rings (SSSR count). The number of hydrogen-bond acceptors (Lipinski definition) is 2. The van der Waals surface area contributed by atoms with Crippen molar-refractivity contribution in [2.75, 3.05) is 6.54 Å². The fraction of sp³-hybridized carbons (Fsp3) is 0.500. The molecule has 0 heterocycles. The van der Waals surface area contributed by atoms with E-state index in [0.717, 1.165) is 25.7 Å². The molecule has 0 radical (unpaired) electrons. The third-order valence-corrected chi connectivity index (χ3v) is 3.77. The van der Waals surface area contributed by atoms with Crippen LogP contribution in [-0.4, -0.2) is 22.9 Å². The van der Waals surface area contributed by atoms with Gasteiger partial charge in [-0.25, -0.2) is 0 Å². The van der Waals surface area contributed by atoms with E-state index in [2.05, 4.69) is 5.32 Å². The molecule has 1 aliphatic rings. The van der Waals surface area contributed by atoms with Crippen LogP contribution in [0.3, 0.4) is 0 Å². The van der Waals surface area contributed by atoms with Gasteiger partial charge < -0.3 is 10.4 Å². The minimum atomic E-state index is -0.136. The van der Waals surface area contributed by atoms with Crippen molar-refractivity contribution in [3.8, 4) is 5.75 Å². The van der Waals surface area contributed by atoms with E-state index in [1.165, 1.54) is 6.07 Å². The highest BCUT2D eigenvalue weighted by molar-refractivity contribution is 6.20. The predicted molar refractivity (Wildman–Crippen MR) is 72.0 cm³/mol. The summed E-state index contributed by atoms with van der Waals surface area (Å²) in [5.41, 5.74) is 0.494. The van der Waals surface area contributed by atoms with Crippen LogP contribution in [0.5, 0.6) is 5.75 Å². The molecule has 0 bridgehead atoms. The number of halogens is 1. The molecule has 0 saturated heterocycles. The molecule has 2 atom stereocenters. The monoisotopic (exact) mass is 267 g/mol. The average Bonchev–Trinajstić information content (AvgIpc) is 2.36. The highest BCUT2D eigenvalue weighted by Crippen LogP contribution is 2.27. The smallest absolute Gasteiger partial charge is 0.251 e. The molecular weight excluding hydrogens is 250 g/mol. The zero-order valence-corrected chi connectivity index (χ0v) is 11.0. The summed E-state index contributed by atoms with van der Waals surface area (Å²) in [5, 5.41) is 12.5. The lowest BCUT2D eigenvalue weighted by molar-refractivity contribution is 0.0943. The lowest BCUT2D eigenvalue weighted by atomic mass is 9.89. The molecule has 1 aromatic carbocycles. The molecular formula is C14H18ClNO2. The van der Waals surface area contributed by atoms with Crippen LogP contribution in [-0.2, 0) is 0 Å². The van der Waals surface area contributed by atoms with E-state index in [1.807, 2.05) is 0 Å². The number of nitrogens with one attached hydrogen (secondary N) is 1. The zero-order valence-electron chi connectivity index (χ0n) is 10.2. The van der Waals surface area contributed by atoms with Crippen LogP contribution in [0.25, 0.3) is 0 Å². The molecule has 0 aliphatic heterocycles. The summed E-state index contributed by atoms with van der Waals surface area (Å²) in [6.45, 7) is 0.664. The minimum Gasteiger partial charge on any atom is -0.508 e. The fourth-order valence-corrected chi connectivity index (χ4v) is 2.80. The molecule has 1 fully saturated rings. The maximum Gasteiger partial charge on any atom is 0.251 e. The SMILES string of the molecule is O=C(NCC1CCCC(Cl)C1)c1cccc(O)c1. The van der Waals surface area contributed by atoms with Crippen molar-refractivity contribution in [2.45, 2.75) is 31.1 Å². The van der Waals surface area contributed by atoms with Crippen molar-refractivity contribution < 1.29 is 9.90 Å². The highest BCUT2D eigenvalue weighted by atomic mass is 35.5. The first kappa shape index (κ1) is 13.2. The van der Waals surface area contributed by atoms with Gasteiger partial charge in [0.05, 0.1) is 0 Å².